The molecule has 1 aliphatic heterocycles. The lowest BCUT2D eigenvalue weighted by molar-refractivity contribution is 0.0979. The molecule has 0 aromatic carbocycles. The Balaban J connectivity index is 2.17. The van der Waals surface area contributed by atoms with Crippen molar-refractivity contribution in [3.8, 4) is 0 Å². The molecule has 0 bridgehead atoms. The van der Waals surface area contributed by atoms with Crippen molar-refractivity contribution in [2.24, 2.45) is 5.73 Å². The van der Waals surface area contributed by atoms with E-state index < -0.39 is 6.09 Å². The Morgan fingerprint density at radius 2 is 2.11 bits per heavy atom. The van der Waals surface area contributed by atoms with Crippen LogP contribution in [0.1, 0.15) is 19.5 Å². The largest absolute Gasteiger partial charge is 0.465 e. The van der Waals surface area contributed by atoms with Gasteiger partial charge >= 0.3 is 6.09 Å². The number of rotatable bonds is 2. The summed E-state index contributed by atoms with van der Waals surface area (Å²) >= 11 is 0. The Morgan fingerprint density at radius 1 is 1.47 bits per heavy atom. The molecule has 104 valence electrons. The van der Waals surface area contributed by atoms with Crippen LogP contribution in [0.5, 0.6) is 0 Å². The van der Waals surface area contributed by atoms with Crippen molar-refractivity contribution >= 4 is 12.0 Å². The van der Waals surface area contributed by atoms with Crippen molar-refractivity contribution in [1.29, 1.82) is 0 Å². The fourth-order valence-electron chi connectivity index (χ4n) is 2.51. The van der Waals surface area contributed by atoms with E-state index >= 15 is 0 Å². The first kappa shape index (κ1) is 13.5. The van der Waals surface area contributed by atoms with Gasteiger partial charge in [0.15, 0.2) is 0 Å². The van der Waals surface area contributed by atoms with Gasteiger partial charge in [-0.25, -0.2) is 14.8 Å². The molecule has 0 radical (unpaired) electrons. The van der Waals surface area contributed by atoms with Crippen LogP contribution in [-0.2, 0) is 6.54 Å². The third-order valence-corrected chi connectivity index (χ3v) is 3.33. The number of nitrogens with two attached hydrogens (primary N) is 1. The number of carbonyl (C=O) groups is 1. The first-order valence-corrected chi connectivity index (χ1v) is 6.31. The SMILES string of the molecule is C[C@@H]1CN(c2nccc(CN)n2)C[C@H](C)N1C(=O)O. The molecule has 1 aromatic rings. The van der Waals surface area contributed by atoms with Crippen LogP contribution >= 0.6 is 0 Å². The minimum Gasteiger partial charge on any atom is -0.465 e. The molecule has 1 fully saturated rings. The first-order valence-electron chi connectivity index (χ1n) is 6.31. The molecular weight excluding hydrogens is 246 g/mol. The number of hydrogen-bond donors (Lipinski definition) is 2. The Hall–Kier alpha value is -1.89. The van der Waals surface area contributed by atoms with Crippen molar-refractivity contribution in [2.45, 2.75) is 32.5 Å². The Bertz CT molecular complexity index is 455. The fraction of sp³-hybridized carbons (Fsp3) is 0.583. The quantitative estimate of drug-likeness (QED) is 0.809. The second kappa shape index (κ2) is 5.40. The summed E-state index contributed by atoms with van der Waals surface area (Å²) < 4.78 is 0. The fourth-order valence-corrected chi connectivity index (χ4v) is 2.51. The van der Waals surface area contributed by atoms with E-state index in [0.29, 0.717) is 25.6 Å². The molecule has 0 aliphatic carbocycles. The highest BCUT2D eigenvalue weighted by atomic mass is 16.4. The van der Waals surface area contributed by atoms with Gasteiger partial charge < -0.3 is 15.7 Å². The van der Waals surface area contributed by atoms with Crippen molar-refractivity contribution in [3.63, 3.8) is 0 Å². The van der Waals surface area contributed by atoms with Gasteiger partial charge in [0.05, 0.1) is 17.8 Å². The highest BCUT2D eigenvalue weighted by Gasteiger charge is 2.33. The number of anilines is 1. The van der Waals surface area contributed by atoms with E-state index in [-0.39, 0.29) is 12.1 Å². The maximum atomic E-state index is 11.2. The number of nitrogens with zero attached hydrogens (tertiary/aromatic N) is 4. The van der Waals surface area contributed by atoms with Crippen molar-refractivity contribution in [2.75, 3.05) is 18.0 Å². The topological polar surface area (TPSA) is 95.6 Å². The van der Waals surface area contributed by atoms with E-state index in [9.17, 15) is 9.90 Å². The second-order valence-electron chi connectivity index (χ2n) is 4.84. The molecule has 2 rings (SSSR count). The van der Waals surface area contributed by atoms with Crippen molar-refractivity contribution in [1.82, 2.24) is 14.9 Å². The van der Waals surface area contributed by atoms with Crippen LogP contribution in [-0.4, -0.2) is 51.2 Å². The summed E-state index contributed by atoms with van der Waals surface area (Å²) in [5.74, 6) is 0.617. The molecule has 3 N–H and O–H groups in total. The van der Waals surface area contributed by atoms with Crippen LogP contribution < -0.4 is 10.6 Å². The summed E-state index contributed by atoms with van der Waals surface area (Å²) in [5.41, 5.74) is 6.35. The number of amides is 1. The number of piperazine rings is 1. The summed E-state index contributed by atoms with van der Waals surface area (Å²) in [4.78, 5) is 23.3. The highest BCUT2D eigenvalue weighted by Crippen LogP contribution is 2.19. The summed E-state index contributed by atoms with van der Waals surface area (Å²) in [5, 5.41) is 9.18. The molecule has 1 aliphatic rings. The van der Waals surface area contributed by atoms with Gasteiger partial charge in [-0.15, -0.1) is 0 Å². The highest BCUT2D eigenvalue weighted by molar-refractivity contribution is 5.66. The minimum absolute atomic E-state index is 0.0913. The number of hydrogen-bond acceptors (Lipinski definition) is 5. The van der Waals surface area contributed by atoms with Gasteiger partial charge in [-0.05, 0) is 19.9 Å². The summed E-state index contributed by atoms with van der Waals surface area (Å²) in [7, 11) is 0. The van der Waals surface area contributed by atoms with Crippen molar-refractivity contribution < 1.29 is 9.90 Å². The molecule has 19 heavy (non-hydrogen) atoms. The third-order valence-electron chi connectivity index (χ3n) is 3.33. The van der Waals surface area contributed by atoms with E-state index in [1.54, 1.807) is 12.3 Å². The third kappa shape index (κ3) is 2.76. The van der Waals surface area contributed by atoms with Gasteiger partial charge in [-0.2, -0.15) is 0 Å². The predicted octanol–water partition coefficient (Wildman–Crippen LogP) is 0.512. The molecule has 1 saturated heterocycles. The van der Waals surface area contributed by atoms with Gasteiger partial charge in [-0.3, -0.25) is 4.90 Å². The molecule has 0 spiro atoms. The van der Waals surface area contributed by atoms with E-state index in [1.165, 1.54) is 4.90 Å². The predicted molar refractivity (Wildman–Crippen MR) is 70.9 cm³/mol. The summed E-state index contributed by atoms with van der Waals surface area (Å²) in [6, 6.07) is 1.60. The first-order chi connectivity index (χ1) is 9.02. The lowest BCUT2D eigenvalue weighted by Gasteiger charge is -2.42. The maximum absolute atomic E-state index is 11.2. The molecular formula is C12H19N5O2. The van der Waals surface area contributed by atoms with Crippen LogP contribution in [0.3, 0.4) is 0 Å². The van der Waals surface area contributed by atoms with E-state index in [4.69, 9.17) is 5.73 Å². The van der Waals surface area contributed by atoms with Gasteiger partial charge in [0.2, 0.25) is 5.95 Å². The normalized spacial score (nSPS) is 23.5. The van der Waals surface area contributed by atoms with Crippen LogP contribution in [0.15, 0.2) is 12.3 Å². The zero-order chi connectivity index (χ0) is 14.0. The van der Waals surface area contributed by atoms with E-state index in [0.717, 1.165) is 5.69 Å². The summed E-state index contributed by atoms with van der Waals surface area (Å²) in [6.45, 7) is 5.33. The molecule has 0 saturated carbocycles. The molecule has 2 heterocycles. The van der Waals surface area contributed by atoms with Crippen LogP contribution in [0, 0.1) is 0 Å². The van der Waals surface area contributed by atoms with E-state index in [2.05, 4.69) is 9.97 Å². The average molecular weight is 265 g/mol. The Labute approximate surface area is 112 Å². The van der Waals surface area contributed by atoms with E-state index in [1.807, 2.05) is 18.7 Å². The molecule has 0 unspecified atom stereocenters. The van der Waals surface area contributed by atoms with Crippen LogP contribution in [0.25, 0.3) is 0 Å². The standard InChI is InChI=1S/C12H19N5O2/c1-8-6-16(7-9(2)17(8)12(18)19)11-14-4-3-10(5-13)15-11/h3-4,8-9H,5-7,13H2,1-2H3,(H,18,19)/t8-,9+. The molecule has 7 heteroatoms. The molecule has 2 atom stereocenters. The van der Waals surface area contributed by atoms with Gasteiger partial charge in [0.1, 0.15) is 0 Å². The Kier molecular flexibility index (Phi) is 3.84. The smallest absolute Gasteiger partial charge is 0.407 e. The van der Waals surface area contributed by atoms with Crippen LogP contribution in [0.2, 0.25) is 0 Å². The molecule has 7 nitrogen and oxygen atoms in total. The van der Waals surface area contributed by atoms with Gasteiger partial charge in [-0.1, -0.05) is 0 Å². The monoisotopic (exact) mass is 265 g/mol. The summed E-state index contributed by atoms with van der Waals surface area (Å²) in [6.07, 6.45) is 0.806. The number of carboxylic acid groups (broad SMARTS) is 1. The van der Waals surface area contributed by atoms with Gasteiger partial charge in [0.25, 0.3) is 0 Å². The van der Waals surface area contributed by atoms with Crippen molar-refractivity contribution in [3.05, 3.63) is 18.0 Å². The lowest BCUT2D eigenvalue weighted by Crippen LogP contribution is -2.58. The van der Waals surface area contributed by atoms with Crippen LogP contribution in [0.4, 0.5) is 10.7 Å². The van der Waals surface area contributed by atoms with Gasteiger partial charge in [0, 0.05) is 25.8 Å². The zero-order valence-electron chi connectivity index (χ0n) is 11.2. The average Bonchev–Trinajstić information content (AvgIpc) is 2.37. The maximum Gasteiger partial charge on any atom is 0.407 e. The Morgan fingerprint density at radius 3 is 2.63 bits per heavy atom. The molecule has 1 aromatic heterocycles. The minimum atomic E-state index is -0.878. The lowest BCUT2D eigenvalue weighted by atomic mass is 10.1. The number of aromatic nitrogens is 2. The second-order valence-corrected chi connectivity index (χ2v) is 4.84. The molecule has 1 amide bonds. The zero-order valence-corrected chi connectivity index (χ0v) is 11.2.